The Bertz CT molecular complexity index is 305. The fourth-order valence-corrected chi connectivity index (χ4v) is 2.49. The number of oxime groups is 1. The van der Waals surface area contributed by atoms with E-state index >= 15 is 0 Å². The zero-order valence-electron chi connectivity index (χ0n) is 10.9. The molecule has 1 saturated carbocycles. The summed E-state index contributed by atoms with van der Waals surface area (Å²) in [5, 5.41) is 14.8. The Balaban J connectivity index is 2.73. The third-order valence-corrected chi connectivity index (χ3v) is 3.95. The number of nitrogens with zero attached hydrogens (tertiary/aromatic N) is 1. The topological polar surface area (TPSA) is 87.7 Å². The van der Waals surface area contributed by atoms with Crippen LogP contribution in [0.4, 0.5) is 0 Å². The van der Waals surface area contributed by atoms with Crippen molar-refractivity contribution >= 4 is 11.7 Å². The standard InChI is InChI=1S/C12H23N3O2/c1-4-12(5-2,10(13)15-17)11(16)14-9-6-8(3)7-9/h8-9,17H,4-7H2,1-3H3,(H2,13,15)(H,14,16). The van der Waals surface area contributed by atoms with Crippen LogP contribution in [0, 0.1) is 11.3 Å². The maximum atomic E-state index is 12.3. The van der Waals surface area contributed by atoms with Crippen LogP contribution < -0.4 is 11.1 Å². The average Bonchev–Trinajstić information content (AvgIpc) is 2.29. The lowest BCUT2D eigenvalue weighted by Gasteiger charge is -2.37. The van der Waals surface area contributed by atoms with E-state index in [9.17, 15) is 4.79 Å². The van der Waals surface area contributed by atoms with Gasteiger partial charge in [-0.05, 0) is 31.6 Å². The Morgan fingerprint density at radius 3 is 2.35 bits per heavy atom. The summed E-state index contributed by atoms with van der Waals surface area (Å²) in [7, 11) is 0. The monoisotopic (exact) mass is 241 g/mol. The molecule has 0 spiro atoms. The van der Waals surface area contributed by atoms with Gasteiger partial charge in [0.15, 0.2) is 5.84 Å². The molecule has 1 aliphatic carbocycles. The van der Waals surface area contributed by atoms with Gasteiger partial charge in [-0.3, -0.25) is 4.79 Å². The summed E-state index contributed by atoms with van der Waals surface area (Å²) in [5.41, 5.74) is 4.81. The van der Waals surface area contributed by atoms with E-state index in [4.69, 9.17) is 10.9 Å². The highest BCUT2D eigenvalue weighted by molar-refractivity contribution is 6.06. The van der Waals surface area contributed by atoms with Crippen molar-refractivity contribution in [2.75, 3.05) is 0 Å². The third kappa shape index (κ3) is 2.53. The Labute approximate surface area is 102 Å². The smallest absolute Gasteiger partial charge is 0.234 e. The number of nitrogens with one attached hydrogen (secondary N) is 1. The zero-order valence-corrected chi connectivity index (χ0v) is 10.9. The quantitative estimate of drug-likeness (QED) is 0.295. The summed E-state index contributed by atoms with van der Waals surface area (Å²) in [4.78, 5) is 12.3. The van der Waals surface area contributed by atoms with Gasteiger partial charge in [0.2, 0.25) is 5.91 Å². The van der Waals surface area contributed by atoms with Gasteiger partial charge in [0, 0.05) is 6.04 Å². The van der Waals surface area contributed by atoms with Gasteiger partial charge in [0.05, 0.1) is 0 Å². The minimum Gasteiger partial charge on any atom is -0.409 e. The molecule has 1 amide bonds. The summed E-state index contributed by atoms with van der Waals surface area (Å²) in [6.45, 7) is 5.92. The molecule has 98 valence electrons. The van der Waals surface area contributed by atoms with Crippen LogP contribution in [0.5, 0.6) is 0 Å². The number of rotatable bonds is 5. The Kier molecular flexibility index (Phi) is 4.37. The maximum absolute atomic E-state index is 12.3. The number of hydrogen-bond donors (Lipinski definition) is 3. The minimum atomic E-state index is -0.867. The van der Waals surface area contributed by atoms with Crippen molar-refractivity contribution in [1.29, 1.82) is 0 Å². The number of hydrogen-bond acceptors (Lipinski definition) is 3. The van der Waals surface area contributed by atoms with Crippen LogP contribution in [0.15, 0.2) is 5.16 Å². The average molecular weight is 241 g/mol. The predicted octanol–water partition coefficient (Wildman–Crippen LogP) is 1.45. The highest BCUT2D eigenvalue weighted by Crippen LogP contribution is 2.31. The number of carbonyl (C=O) groups is 1. The lowest BCUT2D eigenvalue weighted by atomic mass is 9.77. The highest BCUT2D eigenvalue weighted by Gasteiger charge is 2.41. The van der Waals surface area contributed by atoms with E-state index < -0.39 is 5.41 Å². The summed E-state index contributed by atoms with van der Waals surface area (Å²) in [6.07, 6.45) is 3.11. The van der Waals surface area contributed by atoms with Crippen LogP contribution in [0.25, 0.3) is 0 Å². The largest absolute Gasteiger partial charge is 0.409 e. The third-order valence-electron chi connectivity index (χ3n) is 3.95. The van der Waals surface area contributed by atoms with Gasteiger partial charge in [0.25, 0.3) is 0 Å². The van der Waals surface area contributed by atoms with Gasteiger partial charge in [-0.15, -0.1) is 0 Å². The van der Waals surface area contributed by atoms with Gasteiger partial charge in [0.1, 0.15) is 5.41 Å². The number of amides is 1. The van der Waals surface area contributed by atoms with Crippen molar-refractivity contribution in [2.45, 2.75) is 52.5 Å². The molecule has 4 N–H and O–H groups in total. The van der Waals surface area contributed by atoms with E-state index in [0.717, 1.165) is 12.8 Å². The molecule has 0 bridgehead atoms. The number of amidine groups is 1. The molecule has 17 heavy (non-hydrogen) atoms. The lowest BCUT2D eigenvalue weighted by molar-refractivity contribution is -0.129. The zero-order chi connectivity index (χ0) is 13.1. The summed E-state index contributed by atoms with van der Waals surface area (Å²) >= 11 is 0. The normalized spacial score (nSPS) is 25.2. The summed E-state index contributed by atoms with van der Waals surface area (Å²) in [6, 6.07) is 0.251. The first-order chi connectivity index (χ1) is 8.00. The van der Waals surface area contributed by atoms with Gasteiger partial charge >= 0.3 is 0 Å². The molecule has 0 aromatic rings. The minimum absolute atomic E-state index is 0.00683. The summed E-state index contributed by atoms with van der Waals surface area (Å²) < 4.78 is 0. The molecule has 5 nitrogen and oxygen atoms in total. The molecule has 0 radical (unpaired) electrons. The van der Waals surface area contributed by atoms with Crippen molar-refractivity contribution in [1.82, 2.24) is 5.32 Å². The Hall–Kier alpha value is -1.26. The number of nitrogens with two attached hydrogens (primary N) is 1. The first kappa shape index (κ1) is 13.8. The van der Waals surface area contributed by atoms with Gasteiger partial charge in [-0.25, -0.2) is 0 Å². The molecular formula is C12H23N3O2. The molecule has 0 aromatic carbocycles. The second kappa shape index (κ2) is 5.38. The van der Waals surface area contributed by atoms with Gasteiger partial charge in [-0.1, -0.05) is 25.9 Å². The fraction of sp³-hybridized carbons (Fsp3) is 0.833. The van der Waals surface area contributed by atoms with Crippen LogP contribution in [0.3, 0.4) is 0 Å². The maximum Gasteiger partial charge on any atom is 0.234 e. The van der Waals surface area contributed by atoms with Crippen LogP contribution in [0.2, 0.25) is 0 Å². The summed E-state index contributed by atoms with van der Waals surface area (Å²) in [5.74, 6) is 0.573. The molecule has 1 aliphatic rings. The van der Waals surface area contributed by atoms with Crippen LogP contribution in [-0.2, 0) is 4.79 Å². The van der Waals surface area contributed by atoms with Gasteiger partial charge < -0.3 is 16.3 Å². The molecular weight excluding hydrogens is 218 g/mol. The van der Waals surface area contributed by atoms with Crippen LogP contribution in [0.1, 0.15) is 46.5 Å². The molecule has 0 saturated heterocycles. The Morgan fingerprint density at radius 2 is 2.00 bits per heavy atom. The highest BCUT2D eigenvalue weighted by atomic mass is 16.4. The van der Waals surface area contributed by atoms with Crippen molar-refractivity contribution in [3.05, 3.63) is 0 Å². The van der Waals surface area contributed by atoms with E-state index in [1.165, 1.54) is 0 Å². The number of carbonyl (C=O) groups excluding carboxylic acids is 1. The lowest BCUT2D eigenvalue weighted by Crippen LogP contribution is -2.54. The van der Waals surface area contributed by atoms with Crippen molar-refractivity contribution in [3.8, 4) is 0 Å². The molecule has 0 heterocycles. The Morgan fingerprint density at radius 1 is 1.47 bits per heavy atom. The fourth-order valence-electron chi connectivity index (χ4n) is 2.49. The molecule has 0 atom stereocenters. The SMILES string of the molecule is CCC(CC)(C(=O)NC1CC(C)C1)C(N)=NO. The molecule has 0 aliphatic heterocycles. The van der Waals surface area contributed by atoms with E-state index in [1.54, 1.807) is 0 Å². The van der Waals surface area contributed by atoms with Crippen LogP contribution in [-0.4, -0.2) is 23.0 Å². The van der Waals surface area contributed by atoms with Crippen LogP contribution >= 0.6 is 0 Å². The molecule has 5 heteroatoms. The molecule has 1 rings (SSSR count). The predicted molar refractivity (Wildman–Crippen MR) is 66.8 cm³/mol. The molecule has 0 aromatic heterocycles. The van der Waals surface area contributed by atoms with E-state index in [-0.39, 0.29) is 17.8 Å². The van der Waals surface area contributed by atoms with Crippen molar-refractivity contribution in [2.24, 2.45) is 22.2 Å². The van der Waals surface area contributed by atoms with E-state index in [1.807, 2.05) is 13.8 Å². The molecule has 0 unspecified atom stereocenters. The second-order valence-corrected chi connectivity index (χ2v) is 5.02. The van der Waals surface area contributed by atoms with Crippen molar-refractivity contribution in [3.63, 3.8) is 0 Å². The van der Waals surface area contributed by atoms with E-state index in [0.29, 0.717) is 18.8 Å². The van der Waals surface area contributed by atoms with Gasteiger partial charge in [-0.2, -0.15) is 0 Å². The first-order valence-electron chi connectivity index (χ1n) is 6.29. The van der Waals surface area contributed by atoms with Crippen molar-refractivity contribution < 1.29 is 10.0 Å². The molecule has 1 fully saturated rings. The van der Waals surface area contributed by atoms with E-state index in [2.05, 4.69) is 17.4 Å². The second-order valence-electron chi connectivity index (χ2n) is 5.02. The first-order valence-corrected chi connectivity index (χ1v) is 6.29.